The van der Waals surface area contributed by atoms with Gasteiger partial charge < -0.3 is 9.84 Å². The van der Waals surface area contributed by atoms with Crippen molar-refractivity contribution in [1.82, 2.24) is 0 Å². The Balaban J connectivity index is 2.12. The number of hydrogen-bond acceptors (Lipinski definition) is 2. The molecule has 2 heteroatoms. The van der Waals surface area contributed by atoms with Crippen molar-refractivity contribution in [2.75, 3.05) is 6.61 Å². The normalized spacial score (nSPS) is 45.9. The molecule has 2 aliphatic rings. The lowest BCUT2D eigenvalue weighted by Crippen LogP contribution is -2.43. The third-order valence-electron chi connectivity index (χ3n) is 4.13. The average molecular weight is 210 g/mol. The van der Waals surface area contributed by atoms with E-state index in [9.17, 15) is 5.11 Å². The van der Waals surface area contributed by atoms with E-state index in [-0.39, 0.29) is 11.7 Å². The predicted molar refractivity (Wildman–Crippen MR) is 60.7 cm³/mol. The lowest BCUT2D eigenvalue weighted by molar-refractivity contribution is -0.110. The van der Waals surface area contributed by atoms with Gasteiger partial charge in [-0.15, -0.1) is 0 Å². The third-order valence-corrected chi connectivity index (χ3v) is 4.13. The quantitative estimate of drug-likeness (QED) is 0.674. The summed E-state index contributed by atoms with van der Waals surface area (Å²) >= 11 is 0. The van der Waals surface area contributed by atoms with Gasteiger partial charge in [0, 0.05) is 6.61 Å². The lowest BCUT2D eigenvalue weighted by atomic mass is 9.67. The number of hydrogen-bond donors (Lipinski definition) is 1. The van der Waals surface area contributed by atoms with Gasteiger partial charge in [0.25, 0.3) is 0 Å². The summed E-state index contributed by atoms with van der Waals surface area (Å²) in [4.78, 5) is 0. The molecule has 0 saturated carbocycles. The van der Waals surface area contributed by atoms with E-state index in [2.05, 4.69) is 19.9 Å². The van der Waals surface area contributed by atoms with Crippen LogP contribution in [-0.4, -0.2) is 23.4 Å². The van der Waals surface area contributed by atoms with Crippen molar-refractivity contribution in [2.45, 2.75) is 57.7 Å². The maximum absolute atomic E-state index is 9.49. The Kier molecular flexibility index (Phi) is 2.91. The SMILES string of the molecule is CCC1(C)CC2(C=CC(O)CC2)CCO1. The summed E-state index contributed by atoms with van der Waals surface area (Å²) in [5.74, 6) is 0. The molecule has 0 bridgehead atoms. The van der Waals surface area contributed by atoms with E-state index in [1.165, 1.54) is 0 Å². The van der Waals surface area contributed by atoms with Crippen LogP contribution in [-0.2, 0) is 4.74 Å². The summed E-state index contributed by atoms with van der Waals surface area (Å²) in [5.41, 5.74) is 0.354. The van der Waals surface area contributed by atoms with Crippen molar-refractivity contribution in [2.24, 2.45) is 5.41 Å². The Morgan fingerprint density at radius 3 is 2.87 bits per heavy atom. The fourth-order valence-electron chi connectivity index (χ4n) is 2.90. The van der Waals surface area contributed by atoms with Crippen molar-refractivity contribution < 1.29 is 9.84 Å². The van der Waals surface area contributed by atoms with E-state index in [1.807, 2.05) is 6.08 Å². The summed E-state index contributed by atoms with van der Waals surface area (Å²) < 4.78 is 5.87. The molecule has 1 heterocycles. The van der Waals surface area contributed by atoms with Crippen molar-refractivity contribution >= 4 is 0 Å². The van der Waals surface area contributed by atoms with Crippen molar-refractivity contribution in [3.05, 3.63) is 12.2 Å². The average Bonchev–Trinajstić information content (AvgIpc) is 2.23. The van der Waals surface area contributed by atoms with Crippen LogP contribution in [0.25, 0.3) is 0 Å². The van der Waals surface area contributed by atoms with Crippen molar-refractivity contribution in [3.63, 3.8) is 0 Å². The van der Waals surface area contributed by atoms with Gasteiger partial charge in [-0.1, -0.05) is 19.1 Å². The molecule has 0 aromatic rings. The zero-order valence-corrected chi connectivity index (χ0v) is 9.83. The first-order valence-corrected chi connectivity index (χ1v) is 6.09. The molecule has 1 aliphatic carbocycles. The fraction of sp³-hybridized carbons (Fsp3) is 0.846. The van der Waals surface area contributed by atoms with E-state index >= 15 is 0 Å². The Morgan fingerprint density at radius 2 is 2.27 bits per heavy atom. The second kappa shape index (κ2) is 3.91. The van der Waals surface area contributed by atoms with Gasteiger partial charge >= 0.3 is 0 Å². The molecule has 0 aromatic heterocycles. The Labute approximate surface area is 92.3 Å². The van der Waals surface area contributed by atoms with Crippen LogP contribution in [0.4, 0.5) is 0 Å². The van der Waals surface area contributed by atoms with Gasteiger partial charge in [0.15, 0.2) is 0 Å². The molecule has 2 rings (SSSR count). The maximum atomic E-state index is 9.49. The first kappa shape index (κ1) is 11.2. The van der Waals surface area contributed by atoms with E-state index < -0.39 is 0 Å². The van der Waals surface area contributed by atoms with Crippen molar-refractivity contribution in [3.8, 4) is 0 Å². The lowest BCUT2D eigenvalue weighted by Gasteiger charge is -2.46. The molecular weight excluding hydrogens is 188 g/mol. The topological polar surface area (TPSA) is 29.5 Å². The molecule has 0 radical (unpaired) electrons. The molecule has 2 nitrogen and oxygen atoms in total. The Bertz CT molecular complexity index is 261. The van der Waals surface area contributed by atoms with Crippen LogP contribution in [0, 0.1) is 5.41 Å². The molecule has 3 unspecified atom stereocenters. The molecule has 15 heavy (non-hydrogen) atoms. The Hall–Kier alpha value is -0.340. The van der Waals surface area contributed by atoms with Crippen LogP contribution >= 0.6 is 0 Å². The van der Waals surface area contributed by atoms with E-state index in [0.717, 1.165) is 38.7 Å². The van der Waals surface area contributed by atoms with E-state index in [0.29, 0.717) is 5.41 Å². The zero-order chi connectivity index (χ0) is 10.9. The van der Waals surface area contributed by atoms with Crippen LogP contribution in [0.5, 0.6) is 0 Å². The summed E-state index contributed by atoms with van der Waals surface area (Å²) in [6.45, 7) is 5.28. The van der Waals surface area contributed by atoms with Crippen LogP contribution in [0.2, 0.25) is 0 Å². The standard InChI is InChI=1S/C13H22O2/c1-3-12(2)10-13(8-9-15-12)6-4-11(14)5-7-13/h4,6,11,14H,3,5,7-10H2,1-2H3. The second-order valence-electron chi connectivity index (χ2n) is 5.41. The molecule has 86 valence electrons. The molecule has 1 spiro atoms. The number of allylic oxidation sites excluding steroid dienone is 1. The maximum Gasteiger partial charge on any atom is 0.0721 e. The van der Waals surface area contributed by atoms with Gasteiger partial charge in [0.2, 0.25) is 0 Å². The second-order valence-corrected chi connectivity index (χ2v) is 5.41. The van der Waals surface area contributed by atoms with Crippen LogP contribution < -0.4 is 0 Å². The number of ether oxygens (including phenoxy) is 1. The summed E-state index contributed by atoms with van der Waals surface area (Å²) in [6, 6.07) is 0. The number of rotatable bonds is 1. The number of aliphatic hydroxyl groups excluding tert-OH is 1. The highest BCUT2D eigenvalue weighted by Crippen LogP contribution is 2.46. The first-order chi connectivity index (χ1) is 7.08. The summed E-state index contributed by atoms with van der Waals surface area (Å²) in [5, 5.41) is 9.49. The number of aliphatic hydroxyl groups is 1. The molecule has 0 amide bonds. The third kappa shape index (κ3) is 2.26. The fourth-order valence-corrected chi connectivity index (χ4v) is 2.90. The van der Waals surface area contributed by atoms with E-state index in [4.69, 9.17) is 4.74 Å². The van der Waals surface area contributed by atoms with Gasteiger partial charge in [-0.3, -0.25) is 0 Å². The van der Waals surface area contributed by atoms with Crippen molar-refractivity contribution in [1.29, 1.82) is 0 Å². The minimum absolute atomic E-state index is 0.0465. The molecule has 3 atom stereocenters. The van der Waals surface area contributed by atoms with Crippen LogP contribution in [0.3, 0.4) is 0 Å². The summed E-state index contributed by atoms with van der Waals surface area (Å²) in [6.07, 6.45) is 9.34. The van der Waals surface area contributed by atoms with Gasteiger partial charge in [-0.25, -0.2) is 0 Å². The minimum atomic E-state index is -0.216. The first-order valence-electron chi connectivity index (χ1n) is 6.09. The predicted octanol–water partition coefficient (Wildman–Crippen LogP) is 2.66. The highest BCUT2D eigenvalue weighted by atomic mass is 16.5. The molecular formula is C13H22O2. The Morgan fingerprint density at radius 1 is 1.47 bits per heavy atom. The highest BCUT2D eigenvalue weighted by Gasteiger charge is 2.41. The van der Waals surface area contributed by atoms with E-state index in [1.54, 1.807) is 0 Å². The van der Waals surface area contributed by atoms with Gasteiger partial charge in [0.05, 0.1) is 11.7 Å². The molecule has 1 fully saturated rings. The minimum Gasteiger partial charge on any atom is -0.389 e. The smallest absolute Gasteiger partial charge is 0.0721 e. The zero-order valence-electron chi connectivity index (χ0n) is 9.83. The summed E-state index contributed by atoms with van der Waals surface area (Å²) in [7, 11) is 0. The molecule has 0 aromatic carbocycles. The largest absolute Gasteiger partial charge is 0.389 e. The molecule has 1 N–H and O–H groups in total. The van der Waals surface area contributed by atoms with Gasteiger partial charge in [0.1, 0.15) is 0 Å². The highest BCUT2D eigenvalue weighted by molar-refractivity contribution is 5.10. The molecule has 1 saturated heterocycles. The van der Waals surface area contributed by atoms with Gasteiger partial charge in [-0.05, 0) is 44.4 Å². The van der Waals surface area contributed by atoms with Gasteiger partial charge in [-0.2, -0.15) is 0 Å². The monoisotopic (exact) mass is 210 g/mol. The molecule has 1 aliphatic heterocycles. The van der Waals surface area contributed by atoms with Crippen LogP contribution in [0.1, 0.15) is 46.0 Å². The van der Waals surface area contributed by atoms with Crippen LogP contribution in [0.15, 0.2) is 12.2 Å².